The fourth-order valence-corrected chi connectivity index (χ4v) is 9.53. The zero-order valence-electron chi connectivity index (χ0n) is 30.9. The molecule has 0 fully saturated rings. The molecule has 26 nitrogen and oxygen atoms in total. The summed E-state index contributed by atoms with van der Waals surface area (Å²) >= 11 is 6.77. The maximum absolute atomic E-state index is 12.6. The summed E-state index contributed by atoms with van der Waals surface area (Å²) in [6.07, 6.45) is 0. The van der Waals surface area contributed by atoms with Crippen molar-refractivity contribution in [3.05, 3.63) is 78.1 Å². The second-order valence-electron chi connectivity index (χ2n) is 12.1. The van der Waals surface area contributed by atoms with Crippen LogP contribution in [0.15, 0.2) is 108 Å². The Labute approximate surface area is 372 Å². The Bertz CT molecular complexity index is 3260. The van der Waals surface area contributed by atoms with Gasteiger partial charge in [-0.2, -0.15) is 40.2 Å². The lowest BCUT2D eigenvalue weighted by Gasteiger charge is -2.15. The highest BCUT2D eigenvalue weighted by Gasteiger charge is 2.24. The summed E-state index contributed by atoms with van der Waals surface area (Å²) in [7, 11) is -18.6. The van der Waals surface area contributed by atoms with Crippen LogP contribution in [0.25, 0.3) is 21.5 Å². The lowest BCUT2D eigenvalue weighted by molar-refractivity contribution is -0.432. The second kappa shape index (κ2) is 19.6. The van der Waals surface area contributed by atoms with Crippen molar-refractivity contribution in [1.29, 1.82) is 0 Å². The van der Waals surface area contributed by atoms with Gasteiger partial charge in [0.15, 0.2) is 15.6 Å². The van der Waals surface area contributed by atoms with Gasteiger partial charge in [-0.05, 0) is 71.6 Å². The number of phenolic OH excluding ortho intramolecular Hbond substituents is 1. The summed E-state index contributed by atoms with van der Waals surface area (Å²) in [5.74, 6) is -2.23. The Balaban J connectivity index is 1.41. The Kier molecular flexibility index (Phi) is 14.9. The number of azo groups is 1. The maximum Gasteiger partial charge on any atom is 0.397 e. The Morgan fingerprint density at radius 3 is 2.03 bits per heavy atom. The van der Waals surface area contributed by atoms with Crippen molar-refractivity contribution in [1.82, 2.24) is 15.0 Å². The van der Waals surface area contributed by atoms with Crippen LogP contribution in [-0.4, -0.2) is 90.3 Å². The molecule has 0 aliphatic heterocycles. The molecule has 8 N–H and O–H groups in total. The van der Waals surface area contributed by atoms with E-state index in [4.69, 9.17) is 26.7 Å². The van der Waals surface area contributed by atoms with E-state index in [1.165, 1.54) is 42.5 Å². The van der Waals surface area contributed by atoms with Gasteiger partial charge in [0.1, 0.15) is 16.3 Å². The van der Waals surface area contributed by atoms with Gasteiger partial charge in [0.05, 0.1) is 61.7 Å². The van der Waals surface area contributed by atoms with E-state index in [1.807, 2.05) is 0 Å². The number of fused-ring (bicyclic) bond motifs is 2. The first kappa shape index (κ1) is 48.5. The predicted molar refractivity (Wildman–Crippen MR) is 222 cm³/mol. The molecular formula is C31H24ClN7O19S6. The number of hydrogen-bond donors (Lipinski definition) is 8. The Morgan fingerprint density at radius 2 is 1.39 bits per heavy atom. The first-order valence-corrected chi connectivity index (χ1v) is 24.3. The molecule has 0 saturated carbocycles. The van der Waals surface area contributed by atoms with Crippen molar-refractivity contribution in [3.8, 4) is 5.75 Å². The topological polar surface area (TPSA) is 392 Å². The number of aromatic nitrogens is 3. The minimum Gasteiger partial charge on any atom is -0.505 e. The highest BCUT2D eigenvalue weighted by molar-refractivity contribution is 7.95. The van der Waals surface area contributed by atoms with Crippen molar-refractivity contribution in [2.75, 3.05) is 23.0 Å². The molecule has 0 amide bonds. The number of benzene rings is 5. The molecule has 0 bridgehead atoms. The quantitative estimate of drug-likeness (QED) is 0.0143. The third-order valence-electron chi connectivity index (χ3n) is 8.12. The van der Waals surface area contributed by atoms with Gasteiger partial charge >= 0.3 is 10.4 Å². The number of rotatable bonds is 19. The molecule has 5 aromatic carbocycles. The lowest BCUT2D eigenvalue weighted by Crippen LogP contribution is -2.15. The molecule has 6 rings (SSSR count). The van der Waals surface area contributed by atoms with Gasteiger partial charge in [0, 0.05) is 21.8 Å². The average Bonchev–Trinajstić information content (AvgIpc) is 3.20. The molecule has 0 spiro atoms. The third kappa shape index (κ3) is 11.8. The van der Waals surface area contributed by atoms with Crippen LogP contribution in [0, 0.1) is 0 Å². The summed E-state index contributed by atoms with van der Waals surface area (Å²) in [5, 5.41) is 50.0. The molecule has 6 aromatic rings. The molecule has 64 heavy (non-hydrogen) atoms. The van der Waals surface area contributed by atoms with Gasteiger partial charge in [0.25, 0.3) is 20.2 Å². The van der Waals surface area contributed by atoms with E-state index < -0.39 is 85.3 Å². The minimum atomic E-state index is -4.98. The number of aromatic hydroxyl groups is 1. The van der Waals surface area contributed by atoms with E-state index in [0.29, 0.717) is 12.0 Å². The van der Waals surface area contributed by atoms with E-state index in [9.17, 15) is 47.9 Å². The highest BCUT2D eigenvalue weighted by atomic mass is 35.5. The first-order chi connectivity index (χ1) is 30.1. The Morgan fingerprint density at radius 1 is 0.719 bits per heavy atom. The zero-order chi connectivity index (χ0) is 46.6. The number of nitrogens with zero attached hydrogens (tertiary/aromatic N) is 5. The van der Waals surface area contributed by atoms with E-state index in [0.717, 1.165) is 30.3 Å². The fraction of sp³-hybridized carbons (Fsp3) is 0.0645. The largest absolute Gasteiger partial charge is 0.505 e. The van der Waals surface area contributed by atoms with Crippen molar-refractivity contribution >= 4 is 132 Å². The van der Waals surface area contributed by atoms with E-state index in [1.54, 1.807) is 0 Å². The van der Waals surface area contributed by atoms with E-state index in [2.05, 4.69) is 58.7 Å². The van der Waals surface area contributed by atoms with Crippen LogP contribution in [0.2, 0.25) is 5.28 Å². The highest BCUT2D eigenvalue weighted by Crippen LogP contribution is 2.48. The fourth-order valence-electron chi connectivity index (χ4n) is 5.58. The zero-order valence-corrected chi connectivity index (χ0v) is 36.6. The minimum absolute atomic E-state index is 0.0124. The summed E-state index contributed by atoms with van der Waals surface area (Å²) < 4.78 is 137. The van der Waals surface area contributed by atoms with Crippen LogP contribution in [0.3, 0.4) is 0 Å². The molecule has 0 radical (unpaired) electrons. The number of halogens is 1. The van der Waals surface area contributed by atoms with E-state index in [-0.39, 0.29) is 71.3 Å². The summed E-state index contributed by atoms with van der Waals surface area (Å²) in [4.78, 5) is 10.4. The number of hydrogen-bond acceptors (Lipinski definition) is 25. The van der Waals surface area contributed by atoms with Crippen LogP contribution in [-0.2, 0) is 63.4 Å². The molecule has 0 saturated heterocycles. The summed E-state index contributed by atoms with van der Waals surface area (Å²) in [6.45, 7) is -0.854. The molecule has 1 heterocycles. The van der Waals surface area contributed by atoms with Crippen LogP contribution in [0.4, 0.5) is 34.6 Å². The average molecular weight is 1030 g/mol. The smallest absolute Gasteiger partial charge is 0.397 e. The number of nitrogens with one attached hydrogen (secondary N) is 2. The summed E-state index contributed by atoms with van der Waals surface area (Å²) in [6, 6.07) is 14.2. The standard InChI is InChI=1S/C31H24ClN7O19S6/c32-29-35-30(33-16-4-6-17(7-5-16)61(43,44)11-10-54-64(51,52)53)37-31(36-29)34-22-14-18(62(45,46)47)12-15-13-23(59-57-55-41)26(27(40)25(15)22)39-38-21-9-8-19-20(28(21)60-58-56-42)2-1-3-24(19)63(48,49)50/h1-9,12-14,40-42H,10-11H2,(H,45,46,47)(H,48,49,50)(H,51,52,53)(H2,33,34,35,36,37). The van der Waals surface area contributed by atoms with Crippen LogP contribution in [0.1, 0.15) is 0 Å². The van der Waals surface area contributed by atoms with Gasteiger partial charge in [-0.25, -0.2) is 23.1 Å². The SMILES string of the molecule is O=S(=O)(O)OCCS(=O)(=O)c1ccc(Nc2nc(Cl)nc(Nc3cc(S(=O)(=O)O)cc4cc(SOOO)c(N=Nc5ccc6c(S(=O)(=O)O)cccc6c5SOOO)c(O)c34)n2)cc1. The van der Waals surface area contributed by atoms with Crippen molar-refractivity contribution in [2.45, 2.75) is 24.5 Å². The van der Waals surface area contributed by atoms with Gasteiger partial charge in [0.2, 0.25) is 17.2 Å². The molecule has 0 unspecified atom stereocenters. The van der Waals surface area contributed by atoms with Gasteiger partial charge in [-0.3, -0.25) is 13.7 Å². The molecule has 340 valence electrons. The molecule has 0 aliphatic carbocycles. The van der Waals surface area contributed by atoms with Crippen LogP contribution < -0.4 is 10.6 Å². The van der Waals surface area contributed by atoms with Gasteiger partial charge in [-0.1, -0.05) is 28.3 Å². The van der Waals surface area contributed by atoms with Crippen LogP contribution in [0.5, 0.6) is 5.75 Å². The van der Waals surface area contributed by atoms with Crippen molar-refractivity contribution < 1.29 is 85.9 Å². The lowest BCUT2D eigenvalue weighted by atomic mass is 10.1. The predicted octanol–water partition coefficient (Wildman–Crippen LogP) is 6.38. The molecular weight excluding hydrogens is 1000 g/mol. The monoisotopic (exact) mass is 1020 g/mol. The Hall–Kier alpha value is -4.98. The van der Waals surface area contributed by atoms with Gasteiger partial charge in [-0.15, -0.1) is 18.9 Å². The number of anilines is 4. The molecule has 33 heteroatoms. The van der Waals surface area contributed by atoms with Crippen molar-refractivity contribution in [2.24, 2.45) is 10.2 Å². The molecule has 1 aromatic heterocycles. The van der Waals surface area contributed by atoms with Crippen molar-refractivity contribution in [3.63, 3.8) is 0 Å². The normalized spacial score (nSPS) is 12.7. The molecule has 0 aliphatic rings. The number of sulfone groups is 1. The second-order valence-corrected chi connectivity index (χ2v) is 19.9. The van der Waals surface area contributed by atoms with Gasteiger partial charge < -0.3 is 15.7 Å². The molecule has 0 atom stereocenters. The third-order valence-corrected chi connectivity index (χ3v) is 13.5. The number of phenols is 1. The summed E-state index contributed by atoms with van der Waals surface area (Å²) in [5.41, 5.74) is -0.692. The van der Waals surface area contributed by atoms with Crippen LogP contribution >= 0.6 is 35.7 Å². The maximum atomic E-state index is 12.6. The first-order valence-electron chi connectivity index (χ1n) is 16.5. The van der Waals surface area contributed by atoms with E-state index >= 15 is 0 Å².